The quantitative estimate of drug-likeness (QED) is 0.852. The number of likely N-dealkylation sites (N-methyl/N-ethyl adjacent to an activating group) is 1. The second-order valence-electron chi connectivity index (χ2n) is 4.71. The molecule has 1 aromatic rings. The zero-order valence-corrected chi connectivity index (χ0v) is 10.8. The zero-order valence-electron chi connectivity index (χ0n) is 10.8. The lowest BCUT2D eigenvalue weighted by molar-refractivity contribution is -0.0291. The second kappa shape index (κ2) is 6.15. The Morgan fingerprint density at radius 1 is 1.41 bits per heavy atom. The molecule has 1 heterocycles. The molecule has 94 valence electrons. The van der Waals surface area contributed by atoms with Gasteiger partial charge in [0.25, 0.3) is 0 Å². The van der Waals surface area contributed by atoms with Crippen molar-refractivity contribution in [2.75, 3.05) is 33.3 Å². The number of ether oxygens (including phenoxy) is 1. The van der Waals surface area contributed by atoms with Gasteiger partial charge in [-0.05, 0) is 25.1 Å². The van der Waals surface area contributed by atoms with Crippen LogP contribution in [0.1, 0.15) is 11.1 Å². The summed E-state index contributed by atoms with van der Waals surface area (Å²) in [6.45, 7) is 7.06. The number of nitrogens with zero attached hydrogens (tertiary/aromatic N) is 1. The first-order valence-electron chi connectivity index (χ1n) is 6.32. The normalized spacial score (nSPS) is 21.6. The topological polar surface area (TPSA) is 24.5 Å². The number of nitrogens with one attached hydrogen (secondary N) is 1. The van der Waals surface area contributed by atoms with E-state index in [-0.39, 0.29) is 0 Å². The van der Waals surface area contributed by atoms with Crippen molar-refractivity contribution >= 4 is 0 Å². The summed E-state index contributed by atoms with van der Waals surface area (Å²) in [7, 11) is 1.98. The third-order valence-electron chi connectivity index (χ3n) is 3.31. The largest absolute Gasteiger partial charge is 0.374 e. The Kier molecular flexibility index (Phi) is 4.54. The highest BCUT2D eigenvalue weighted by atomic mass is 16.5. The maximum absolute atomic E-state index is 5.71. The molecule has 0 bridgehead atoms. The van der Waals surface area contributed by atoms with Crippen molar-refractivity contribution in [3.8, 4) is 0 Å². The molecule has 0 spiro atoms. The van der Waals surface area contributed by atoms with Crippen LogP contribution in [-0.2, 0) is 11.3 Å². The molecule has 1 aliphatic rings. The standard InChI is InChI=1S/C14H22N2O/c1-12-5-3-4-6-13(12)10-16-7-8-17-14(11-16)9-15-2/h3-6,14-15H,7-11H2,1-2H3. The molecule has 0 aliphatic carbocycles. The average molecular weight is 234 g/mol. The first kappa shape index (κ1) is 12.6. The summed E-state index contributed by atoms with van der Waals surface area (Å²) < 4.78 is 5.71. The van der Waals surface area contributed by atoms with Gasteiger partial charge in [-0.3, -0.25) is 4.90 Å². The van der Waals surface area contributed by atoms with E-state index in [4.69, 9.17) is 4.74 Å². The van der Waals surface area contributed by atoms with Gasteiger partial charge in [0.05, 0.1) is 12.7 Å². The molecule has 1 saturated heterocycles. The van der Waals surface area contributed by atoms with Crippen LogP contribution in [0.4, 0.5) is 0 Å². The lowest BCUT2D eigenvalue weighted by atomic mass is 10.1. The Labute approximate surface area is 104 Å². The van der Waals surface area contributed by atoms with Gasteiger partial charge in [-0.2, -0.15) is 0 Å². The highest BCUT2D eigenvalue weighted by molar-refractivity contribution is 5.25. The Hall–Kier alpha value is -0.900. The molecule has 1 unspecified atom stereocenters. The average Bonchev–Trinajstić information content (AvgIpc) is 2.33. The van der Waals surface area contributed by atoms with Crippen LogP contribution in [0.3, 0.4) is 0 Å². The highest BCUT2D eigenvalue weighted by Crippen LogP contribution is 2.13. The molecule has 1 atom stereocenters. The molecule has 1 fully saturated rings. The molecule has 0 aromatic heterocycles. The molecular formula is C14H22N2O. The number of morpholine rings is 1. The minimum Gasteiger partial charge on any atom is -0.374 e. The Balaban J connectivity index is 1.92. The van der Waals surface area contributed by atoms with Gasteiger partial charge in [0.15, 0.2) is 0 Å². The van der Waals surface area contributed by atoms with E-state index in [0.29, 0.717) is 6.10 Å². The molecule has 1 N–H and O–H groups in total. The minimum atomic E-state index is 0.331. The van der Waals surface area contributed by atoms with Crippen LogP contribution < -0.4 is 5.32 Å². The fourth-order valence-corrected chi connectivity index (χ4v) is 2.30. The van der Waals surface area contributed by atoms with Gasteiger partial charge in [-0.25, -0.2) is 0 Å². The maximum atomic E-state index is 5.71. The Bertz CT molecular complexity index is 352. The van der Waals surface area contributed by atoms with Gasteiger partial charge in [0.1, 0.15) is 0 Å². The van der Waals surface area contributed by atoms with Crippen molar-refractivity contribution in [1.82, 2.24) is 10.2 Å². The van der Waals surface area contributed by atoms with Crippen LogP contribution >= 0.6 is 0 Å². The summed E-state index contributed by atoms with van der Waals surface area (Å²) in [5.41, 5.74) is 2.81. The molecule has 3 heteroatoms. The van der Waals surface area contributed by atoms with Crippen LogP contribution in [0.15, 0.2) is 24.3 Å². The van der Waals surface area contributed by atoms with Crippen LogP contribution in [0, 0.1) is 6.92 Å². The molecule has 2 rings (SSSR count). The second-order valence-corrected chi connectivity index (χ2v) is 4.71. The van der Waals surface area contributed by atoms with E-state index in [1.165, 1.54) is 11.1 Å². The lowest BCUT2D eigenvalue weighted by Gasteiger charge is -2.33. The number of hydrogen-bond acceptors (Lipinski definition) is 3. The van der Waals surface area contributed by atoms with E-state index in [9.17, 15) is 0 Å². The van der Waals surface area contributed by atoms with Crippen molar-refractivity contribution in [3.05, 3.63) is 35.4 Å². The maximum Gasteiger partial charge on any atom is 0.0826 e. The SMILES string of the molecule is CNCC1CN(Cc2ccccc2C)CCO1. The Morgan fingerprint density at radius 3 is 3.00 bits per heavy atom. The molecule has 0 amide bonds. The predicted molar refractivity (Wildman–Crippen MR) is 70.1 cm³/mol. The third kappa shape index (κ3) is 3.53. The summed E-state index contributed by atoms with van der Waals surface area (Å²) in [4.78, 5) is 2.48. The van der Waals surface area contributed by atoms with Crippen molar-refractivity contribution in [1.29, 1.82) is 0 Å². The molecule has 1 aromatic carbocycles. The molecular weight excluding hydrogens is 212 g/mol. The van der Waals surface area contributed by atoms with Crippen molar-refractivity contribution in [3.63, 3.8) is 0 Å². The summed E-state index contributed by atoms with van der Waals surface area (Å²) in [5, 5.41) is 3.18. The summed E-state index contributed by atoms with van der Waals surface area (Å²) in [6, 6.07) is 8.62. The van der Waals surface area contributed by atoms with E-state index in [2.05, 4.69) is 41.4 Å². The summed E-state index contributed by atoms with van der Waals surface area (Å²) >= 11 is 0. The first-order chi connectivity index (χ1) is 8.29. The van der Waals surface area contributed by atoms with E-state index >= 15 is 0 Å². The van der Waals surface area contributed by atoms with E-state index in [1.807, 2.05) is 7.05 Å². The Morgan fingerprint density at radius 2 is 2.24 bits per heavy atom. The fourth-order valence-electron chi connectivity index (χ4n) is 2.30. The molecule has 0 saturated carbocycles. The van der Waals surface area contributed by atoms with E-state index in [1.54, 1.807) is 0 Å². The minimum absolute atomic E-state index is 0.331. The van der Waals surface area contributed by atoms with E-state index in [0.717, 1.165) is 32.8 Å². The van der Waals surface area contributed by atoms with Crippen LogP contribution in [-0.4, -0.2) is 44.3 Å². The number of hydrogen-bond donors (Lipinski definition) is 1. The van der Waals surface area contributed by atoms with Crippen molar-refractivity contribution in [2.24, 2.45) is 0 Å². The van der Waals surface area contributed by atoms with Gasteiger partial charge >= 0.3 is 0 Å². The fraction of sp³-hybridized carbons (Fsp3) is 0.571. The van der Waals surface area contributed by atoms with Gasteiger partial charge in [0, 0.05) is 26.2 Å². The van der Waals surface area contributed by atoms with Gasteiger partial charge < -0.3 is 10.1 Å². The van der Waals surface area contributed by atoms with Crippen LogP contribution in [0.2, 0.25) is 0 Å². The molecule has 17 heavy (non-hydrogen) atoms. The van der Waals surface area contributed by atoms with Gasteiger partial charge in [-0.1, -0.05) is 24.3 Å². The van der Waals surface area contributed by atoms with Gasteiger partial charge in [0.2, 0.25) is 0 Å². The highest BCUT2D eigenvalue weighted by Gasteiger charge is 2.19. The zero-order chi connectivity index (χ0) is 12.1. The number of rotatable bonds is 4. The first-order valence-corrected chi connectivity index (χ1v) is 6.32. The third-order valence-corrected chi connectivity index (χ3v) is 3.31. The smallest absolute Gasteiger partial charge is 0.0826 e. The van der Waals surface area contributed by atoms with Crippen molar-refractivity contribution in [2.45, 2.75) is 19.6 Å². The van der Waals surface area contributed by atoms with Gasteiger partial charge in [-0.15, -0.1) is 0 Å². The lowest BCUT2D eigenvalue weighted by Crippen LogP contribution is -2.45. The predicted octanol–water partition coefficient (Wildman–Crippen LogP) is 1.42. The summed E-state index contributed by atoms with van der Waals surface area (Å²) in [6.07, 6.45) is 0.331. The molecule has 0 radical (unpaired) electrons. The number of aryl methyl sites for hydroxylation is 1. The molecule has 3 nitrogen and oxygen atoms in total. The summed E-state index contributed by atoms with van der Waals surface area (Å²) in [5.74, 6) is 0. The monoisotopic (exact) mass is 234 g/mol. The van der Waals surface area contributed by atoms with Crippen LogP contribution in [0.5, 0.6) is 0 Å². The van der Waals surface area contributed by atoms with Crippen LogP contribution in [0.25, 0.3) is 0 Å². The number of benzene rings is 1. The van der Waals surface area contributed by atoms with E-state index < -0.39 is 0 Å². The molecule has 1 aliphatic heterocycles. The van der Waals surface area contributed by atoms with Crippen molar-refractivity contribution < 1.29 is 4.74 Å².